The zero-order valence-corrected chi connectivity index (χ0v) is 21.6. The fourth-order valence-electron chi connectivity index (χ4n) is 3.18. The number of sulfonamides is 1. The molecule has 0 saturated heterocycles. The van der Waals surface area contributed by atoms with Gasteiger partial charge in [0.2, 0.25) is 21.8 Å². The number of anilines is 1. The monoisotopic (exact) mass is 543 g/mol. The van der Waals surface area contributed by atoms with E-state index in [1.54, 1.807) is 32.9 Å². The Kier molecular flexibility index (Phi) is 9.12. The summed E-state index contributed by atoms with van der Waals surface area (Å²) in [6.45, 7) is 5.25. The van der Waals surface area contributed by atoms with E-state index in [0.717, 1.165) is 20.6 Å². The van der Waals surface area contributed by atoms with Crippen molar-refractivity contribution in [3.8, 4) is 0 Å². The minimum absolute atomic E-state index is 0.142. The Balaban J connectivity index is 2.43. The highest BCUT2D eigenvalue weighted by molar-refractivity contribution is 9.10. The van der Waals surface area contributed by atoms with E-state index in [1.807, 2.05) is 24.3 Å². The highest BCUT2D eigenvalue weighted by Crippen LogP contribution is 2.27. The topological polar surface area (TPSA) is 86.8 Å². The minimum Gasteiger partial charge on any atom is -0.355 e. The van der Waals surface area contributed by atoms with Crippen LogP contribution in [-0.4, -0.2) is 50.5 Å². The summed E-state index contributed by atoms with van der Waals surface area (Å²) in [5.41, 5.74) is 1.78. The number of carbonyl (C=O) groups is 2. The van der Waals surface area contributed by atoms with Crippen LogP contribution in [0, 0.1) is 6.92 Å². The second-order valence-corrected chi connectivity index (χ2v) is 10.7. The van der Waals surface area contributed by atoms with E-state index < -0.39 is 28.5 Å². The van der Waals surface area contributed by atoms with Crippen LogP contribution in [0.5, 0.6) is 0 Å². The molecule has 10 heteroatoms. The van der Waals surface area contributed by atoms with Gasteiger partial charge >= 0.3 is 0 Å². The summed E-state index contributed by atoms with van der Waals surface area (Å²) in [5, 5.41) is 3.07. The molecular weight excluding hydrogens is 518 g/mol. The summed E-state index contributed by atoms with van der Waals surface area (Å²) in [5.74, 6) is -0.825. The molecule has 2 rings (SSSR count). The predicted molar refractivity (Wildman–Crippen MR) is 131 cm³/mol. The number of hydrogen-bond acceptors (Lipinski definition) is 4. The second-order valence-electron chi connectivity index (χ2n) is 7.42. The van der Waals surface area contributed by atoms with E-state index in [1.165, 1.54) is 11.0 Å². The van der Waals surface area contributed by atoms with Gasteiger partial charge in [0.05, 0.1) is 11.9 Å². The maximum absolute atomic E-state index is 13.4. The van der Waals surface area contributed by atoms with E-state index in [-0.39, 0.29) is 12.5 Å². The normalized spacial score (nSPS) is 12.2. The molecule has 0 spiro atoms. The van der Waals surface area contributed by atoms with Gasteiger partial charge in [0, 0.05) is 22.6 Å². The van der Waals surface area contributed by atoms with Gasteiger partial charge in [0.15, 0.2) is 0 Å². The Morgan fingerprint density at radius 3 is 2.47 bits per heavy atom. The van der Waals surface area contributed by atoms with Crippen LogP contribution in [-0.2, 0) is 26.2 Å². The molecule has 0 aromatic heterocycles. The van der Waals surface area contributed by atoms with Crippen LogP contribution in [0.1, 0.15) is 25.0 Å². The Hall–Kier alpha value is -2.10. The number of halogens is 2. The van der Waals surface area contributed by atoms with Crippen molar-refractivity contribution < 1.29 is 18.0 Å². The molecule has 7 nitrogen and oxygen atoms in total. The number of rotatable bonds is 9. The van der Waals surface area contributed by atoms with Crippen molar-refractivity contribution in [1.29, 1.82) is 0 Å². The Bertz CT molecular complexity index is 1090. The van der Waals surface area contributed by atoms with Crippen molar-refractivity contribution in [1.82, 2.24) is 10.2 Å². The van der Waals surface area contributed by atoms with Gasteiger partial charge in [-0.15, -0.1) is 0 Å². The summed E-state index contributed by atoms with van der Waals surface area (Å²) in [4.78, 5) is 27.3. The molecule has 0 radical (unpaired) electrons. The van der Waals surface area contributed by atoms with Crippen molar-refractivity contribution in [2.75, 3.05) is 23.7 Å². The number of nitrogens with zero attached hydrogens (tertiary/aromatic N) is 2. The van der Waals surface area contributed by atoms with Gasteiger partial charge in [-0.05, 0) is 56.2 Å². The first-order chi connectivity index (χ1) is 14.9. The molecule has 0 aliphatic rings. The van der Waals surface area contributed by atoms with Crippen molar-refractivity contribution in [3.05, 3.63) is 63.1 Å². The standard InChI is InChI=1S/C22H27BrClN3O4S/c1-5-25-22(29)16(3)26(13-17-7-6-8-18(23)11-17)21(28)14-27(32(4,30)31)20-12-19(24)10-9-15(20)2/h6-12,16H,5,13-14H2,1-4H3,(H,25,29)/t16-/m0/s1. The quantitative estimate of drug-likeness (QED) is 0.521. The first-order valence-electron chi connectivity index (χ1n) is 9.99. The highest BCUT2D eigenvalue weighted by Gasteiger charge is 2.30. The van der Waals surface area contributed by atoms with Gasteiger partial charge in [-0.25, -0.2) is 8.42 Å². The van der Waals surface area contributed by atoms with E-state index in [4.69, 9.17) is 11.6 Å². The fourth-order valence-corrected chi connectivity index (χ4v) is 4.69. The maximum atomic E-state index is 13.4. The molecule has 0 heterocycles. The van der Waals surface area contributed by atoms with E-state index in [0.29, 0.717) is 22.8 Å². The molecule has 0 fully saturated rings. The van der Waals surface area contributed by atoms with Crippen LogP contribution < -0.4 is 9.62 Å². The fraction of sp³-hybridized carbons (Fsp3) is 0.364. The Morgan fingerprint density at radius 2 is 1.88 bits per heavy atom. The number of aryl methyl sites for hydroxylation is 1. The van der Waals surface area contributed by atoms with Gasteiger partial charge < -0.3 is 10.2 Å². The molecule has 2 amide bonds. The lowest BCUT2D eigenvalue weighted by Gasteiger charge is -2.32. The van der Waals surface area contributed by atoms with Gasteiger partial charge in [0.25, 0.3) is 0 Å². The second kappa shape index (κ2) is 11.2. The zero-order chi connectivity index (χ0) is 24.1. The lowest BCUT2D eigenvalue weighted by atomic mass is 10.1. The summed E-state index contributed by atoms with van der Waals surface area (Å²) in [7, 11) is -3.80. The molecule has 174 valence electrons. The molecule has 32 heavy (non-hydrogen) atoms. The Labute approximate surface area is 202 Å². The molecule has 1 atom stereocenters. The van der Waals surface area contributed by atoms with Crippen molar-refractivity contribution in [2.45, 2.75) is 33.4 Å². The minimum atomic E-state index is -3.80. The molecule has 0 saturated carbocycles. The molecule has 2 aromatic rings. The van der Waals surface area contributed by atoms with Crippen LogP contribution in [0.3, 0.4) is 0 Å². The summed E-state index contributed by atoms with van der Waals surface area (Å²) >= 11 is 9.49. The smallest absolute Gasteiger partial charge is 0.244 e. The molecular formula is C22H27BrClN3O4S. The van der Waals surface area contributed by atoms with Crippen LogP contribution in [0.15, 0.2) is 46.9 Å². The average molecular weight is 545 g/mol. The number of carbonyl (C=O) groups excluding carboxylic acids is 2. The number of nitrogens with one attached hydrogen (secondary N) is 1. The van der Waals surface area contributed by atoms with Gasteiger partial charge in [-0.2, -0.15) is 0 Å². The summed E-state index contributed by atoms with van der Waals surface area (Å²) in [6.07, 6.45) is 1.03. The Morgan fingerprint density at radius 1 is 1.19 bits per heavy atom. The van der Waals surface area contributed by atoms with Crippen molar-refractivity contribution >= 4 is 55.1 Å². The molecule has 1 N–H and O–H groups in total. The third-order valence-electron chi connectivity index (χ3n) is 4.88. The maximum Gasteiger partial charge on any atom is 0.244 e. The van der Waals surface area contributed by atoms with Crippen LogP contribution >= 0.6 is 27.5 Å². The number of benzene rings is 2. The zero-order valence-electron chi connectivity index (χ0n) is 18.4. The van der Waals surface area contributed by atoms with E-state index in [9.17, 15) is 18.0 Å². The first-order valence-corrected chi connectivity index (χ1v) is 13.0. The van der Waals surface area contributed by atoms with Gasteiger partial charge in [0.1, 0.15) is 12.6 Å². The average Bonchev–Trinajstić information content (AvgIpc) is 2.71. The largest absolute Gasteiger partial charge is 0.355 e. The molecule has 0 bridgehead atoms. The molecule has 0 aliphatic carbocycles. The SMILES string of the molecule is CCNC(=O)[C@H](C)N(Cc1cccc(Br)c1)C(=O)CN(c1cc(Cl)ccc1C)S(C)(=O)=O. The van der Waals surface area contributed by atoms with E-state index >= 15 is 0 Å². The van der Waals surface area contributed by atoms with Gasteiger partial charge in [-0.3, -0.25) is 13.9 Å². The summed E-state index contributed by atoms with van der Waals surface area (Å²) in [6, 6.07) is 11.4. The van der Waals surface area contributed by atoms with Crippen molar-refractivity contribution in [3.63, 3.8) is 0 Å². The number of likely N-dealkylation sites (N-methyl/N-ethyl adjacent to an activating group) is 1. The summed E-state index contributed by atoms with van der Waals surface area (Å²) < 4.78 is 27.0. The first kappa shape index (κ1) is 26.2. The van der Waals surface area contributed by atoms with Crippen LogP contribution in [0.2, 0.25) is 5.02 Å². The lowest BCUT2D eigenvalue weighted by molar-refractivity contribution is -0.139. The molecule has 0 aliphatic heterocycles. The molecule has 2 aromatic carbocycles. The number of amides is 2. The van der Waals surface area contributed by atoms with Crippen molar-refractivity contribution in [2.24, 2.45) is 0 Å². The van der Waals surface area contributed by atoms with Crippen LogP contribution in [0.25, 0.3) is 0 Å². The number of hydrogen-bond donors (Lipinski definition) is 1. The van der Waals surface area contributed by atoms with Gasteiger partial charge in [-0.1, -0.05) is 45.7 Å². The molecule has 0 unspecified atom stereocenters. The highest BCUT2D eigenvalue weighted by atomic mass is 79.9. The predicted octanol–water partition coefficient (Wildman–Crippen LogP) is 3.73. The third kappa shape index (κ3) is 6.95. The lowest BCUT2D eigenvalue weighted by Crippen LogP contribution is -2.51. The van der Waals surface area contributed by atoms with Crippen LogP contribution in [0.4, 0.5) is 5.69 Å². The van der Waals surface area contributed by atoms with E-state index in [2.05, 4.69) is 21.2 Å². The third-order valence-corrected chi connectivity index (χ3v) is 6.73.